The smallest absolute Gasteiger partial charge is 0.339 e. The Bertz CT molecular complexity index is 651. The fourth-order valence-electron chi connectivity index (χ4n) is 2.01. The highest BCUT2D eigenvalue weighted by Crippen LogP contribution is 2.29. The molecule has 1 heterocycles. The molecule has 0 unspecified atom stereocenters. The molecule has 0 bridgehead atoms. The minimum atomic E-state index is -0.273. The molecule has 0 amide bonds. The second-order valence-electron chi connectivity index (χ2n) is 4.87. The van der Waals surface area contributed by atoms with Crippen LogP contribution >= 0.6 is 0 Å². The largest absolute Gasteiger partial charge is 0.491 e. The van der Waals surface area contributed by atoms with Crippen LogP contribution in [0.4, 0.5) is 0 Å². The number of hydrogen-bond acceptors (Lipinski definition) is 3. The molecule has 0 spiro atoms. The number of hydrogen-bond donors (Lipinski definition) is 0. The van der Waals surface area contributed by atoms with E-state index >= 15 is 0 Å². The van der Waals surface area contributed by atoms with Crippen LogP contribution in [-0.2, 0) is 0 Å². The van der Waals surface area contributed by atoms with E-state index in [9.17, 15) is 4.79 Å². The summed E-state index contributed by atoms with van der Waals surface area (Å²) in [6, 6.07) is 3.88. The van der Waals surface area contributed by atoms with Gasteiger partial charge in [-0.2, -0.15) is 0 Å². The Balaban J connectivity index is 2.75. The molecular formula is C15H18O3. The van der Waals surface area contributed by atoms with Crippen LogP contribution in [0.1, 0.15) is 30.5 Å². The molecule has 0 aliphatic rings. The van der Waals surface area contributed by atoms with Gasteiger partial charge >= 0.3 is 5.63 Å². The van der Waals surface area contributed by atoms with Crippen LogP contribution in [0.15, 0.2) is 21.3 Å². The molecule has 0 atom stereocenters. The molecule has 1 aromatic heterocycles. The van der Waals surface area contributed by atoms with Crippen molar-refractivity contribution in [3.63, 3.8) is 0 Å². The van der Waals surface area contributed by atoms with Crippen LogP contribution < -0.4 is 10.4 Å². The summed E-state index contributed by atoms with van der Waals surface area (Å²) in [7, 11) is 0. The van der Waals surface area contributed by atoms with Crippen molar-refractivity contribution in [2.24, 2.45) is 0 Å². The van der Waals surface area contributed by atoms with Gasteiger partial charge in [0.05, 0.1) is 6.10 Å². The highest BCUT2D eigenvalue weighted by atomic mass is 16.5. The van der Waals surface area contributed by atoms with Gasteiger partial charge in [0, 0.05) is 16.5 Å². The Hall–Kier alpha value is -1.77. The Labute approximate surface area is 106 Å². The van der Waals surface area contributed by atoms with Crippen molar-refractivity contribution >= 4 is 11.0 Å². The molecule has 0 aliphatic heterocycles. The number of rotatable bonds is 2. The van der Waals surface area contributed by atoms with Crippen molar-refractivity contribution in [2.75, 3.05) is 0 Å². The molecule has 3 heteroatoms. The molecule has 96 valence electrons. The Morgan fingerprint density at radius 1 is 1.06 bits per heavy atom. The zero-order valence-electron chi connectivity index (χ0n) is 11.5. The molecule has 0 aliphatic carbocycles. The van der Waals surface area contributed by atoms with Gasteiger partial charge < -0.3 is 9.15 Å². The van der Waals surface area contributed by atoms with Gasteiger partial charge in [-0.25, -0.2) is 4.79 Å². The summed E-state index contributed by atoms with van der Waals surface area (Å²) in [5.74, 6) is 0.768. The maximum Gasteiger partial charge on any atom is 0.339 e. The first-order chi connectivity index (χ1) is 8.41. The van der Waals surface area contributed by atoms with Crippen molar-refractivity contribution in [3.8, 4) is 5.75 Å². The summed E-state index contributed by atoms with van der Waals surface area (Å²) in [6.45, 7) is 9.59. The summed E-state index contributed by atoms with van der Waals surface area (Å²) in [4.78, 5) is 11.7. The van der Waals surface area contributed by atoms with Gasteiger partial charge in [-0.1, -0.05) is 0 Å². The van der Waals surface area contributed by atoms with Gasteiger partial charge in [-0.15, -0.1) is 0 Å². The summed E-state index contributed by atoms with van der Waals surface area (Å²) >= 11 is 0. The average Bonchev–Trinajstić information content (AvgIpc) is 2.30. The third-order valence-electron chi connectivity index (χ3n) is 3.19. The van der Waals surface area contributed by atoms with Gasteiger partial charge in [0.2, 0.25) is 0 Å². The normalized spacial score (nSPS) is 11.2. The first-order valence-electron chi connectivity index (χ1n) is 6.12. The van der Waals surface area contributed by atoms with E-state index in [1.54, 1.807) is 6.92 Å². The fraction of sp³-hybridized carbons (Fsp3) is 0.400. The maximum absolute atomic E-state index is 11.7. The van der Waals surface area contributed by atoms with Gasteiger partial charge in [0.1, 0.15) is 11.3 Å². The molecule has 1 aromatic carbocycles. The predicted molar refractivity (Wildman–Crippen MR) is 72.5 cm³/mol. The maximum atomic E-state index is 11.7. The fourth-order valence-corrected chi connectivity index (χ4v) is 2.01. The summed E-state index contributed by atoms with van der Waals surface area (Å²) in [6.07, 6.45) is 0.0967. The molecule has 0 fully saturated rings. The zero-order chi connectivity index (χ0) is 13.4. The van der Waals surface area contributed by atoms with E-state index in [1.807, 2.05) is 39.8 Å². The van der Waals surface area contributed by atoms with Gasteiger partial charge in [0.25, 0.3) is 0 Å². The van der Waals surface area contributed by atoms with E-state index in [4.69, 9.17) is 9.15 Å². The van der Waals surface area contributed by atoms with Crippen molar-refractivity contribution in [1.82, 2.24) is 0 Å². The minimum absolute atomic E-state index is 0.0967. The lowest BCUT2D eigenvalue weighted by atomic mass is 10.0. The number of ether oxygens (including phenoxy) is 1. The molecule has 18 heavy (non-hydrogen) atoms. The van der Waals surface area contributed by atoms with Crippen LogP contribution in [0, 0.1) is 20.8 Å². The molecule has 3 nitrogen and oxygen atoms in total. The Morgan fingerprint density at radius 2 is 1.72 bits per heavy atom. The third kappa shape index (κ3) is 2.01. The van der Waals surface area contributed by atoms with Crippen LogP contribution in [0.2, 0.25) is 0 Å². The Morgan fingerprint density at radius 3 is 2.33 bits per heavy atom. The summed E-state index contributed by atoms with van der Waals surface area (Å²) in [5, 5.41) is 0.973. The van der Waals surface area contributed by atoms with Crippen molar-refractivity contribution in [3.05, 3.63) is 39.2 Å². The highest BCUT2D eigenvalue weighted by Gasteiger charge is 2.13. The first-order valence-corrected chi connectivity index (χ1v) is 6.12. The van der Waals surface area contributed by atoms with Gasteiger partial charge in [0.15, 0.2) is 0 Å². The van der Waals surface area contributed by atoms with Gasteiger partial charge in [-0.3, -0.25) is 0 Å². The number of fused-ring (bicyclic) bond motifs is 1. The first kappa shape index (κ1) is 12.7. The van der Waals surface area contributed by atoms with E-state index in [-0.39, 0.29) is 11.7 Å². The second-order valence-corrected chi connectivity index (χ2v) is 4.87. The van der Waals surface area contributed by atoms with E-state index < -0.39 is 0 Å². The molecule has 2 aromatic rings. The topological polar surface area (TPSA) is 39.4 Å². The molecule has 0 saturated heterocycles. The lowest BCUT2D eigenvalue weighted by Gasteiger charge is -2.14. The predicted octanol–water partition coefficient (Wildman–Crippen LogP) is 3.51. The molecule has 2 rings (SSSR count). The molecular weight excluding hydrogens is 228 g/mol. The minimum Gasteiger partial charge on any atom is -0.491 e. The van der Waals surface area contributed by atoms with Crippen molar-refractivity contribution < 1.29 is 9.15 Å². The van der Waals surface area contributed by atoms with Crippen molar-refractivity contribution in [2.45, 2.75) is 40.7 Å². The lowest BCUT2D eigenvalue weighted by Crippen LogP contribution is -2.09. The van der Waals surface area contributed by atoms with Crippen LogP contribution in [0.25, 0.3) is 11.0 Å². The molecule has 0 N–H and O–H groups in total. The van der Waals surface area contributed by atoms with Crippen LogP contribution in [0.3, 0.4) is 0 Å². The number of benzene rings is 1. The van der Waals surface area contributed by atoms with E-state index in [2.05, 4.69) is 0 Å². The lowest BCUT2D eigenvalue weighted by molar-refractivity contribution is 0.241. The standard InChI is InChI=1S/C15H18O3/c1-8(2)17-13-7-6-12-9(3)10(4)15(16)18-14(12)11(13)5/h6-8H,1-5H3. The quantitative estimate of drug-likeness (QED) is 0.761. The number of aryl methyl sites for hydroxylation is 2. The summed E-state index contributed by atoms with van der Waals surface area (Å²) < 4.78 is 11.1. The van der Waals surface area contributed by atoms with E-state index in [0.29, 0.717) is 11.1 Å². The molecule has 0 saturated carbocycles. The van der Waals surface area contributed by atoms with E-state index in [1.165, 1.54) is 0 Å². The monoisotopic (exact) mass is 246 g/mol. The third-order valence-corrected chi connectivity index (χ3v) is 3.19. The SMILES string of the molecule is Cc1c(C)c2ccc(OC(C)C)c(C)c2oc1=O. The van der Waals surface area contributed by atoms with E-state index in [0.717, 1.165) is 22.3 Å². The molecule has 0 radical (unpaired) electrons. The average molecular weight is 246 g/mol. The zero-order valence-corrected chi connectivity index (χ0v) is 11.5. The highest BCUT2D eigenvalue weighted by molar-refractivity contribution is 5.85. The van der Waals surface area contributed by atoms with Crippen LogP contribution in [0.5, 0.6) is 5.75 Å². The second kappa shape index (κ2) is 4.48. The van der Waals surface area contributed by atoms with Crippen LogP contribution in [-0.4, -0.2) is 6.10 Å². The Kier molecular flexibility index (Phi) is 3.16. The van der Waals surface area contributed by atoms with Gasteiger partial charge in [-0.05, 0) is 52.3 Å². The van der Waals surface area contributed by atoms with Crippen molar-refractivity contribution in [1.29, 1.82) is 0 Å². The summed E-state index contributed by atoms with van der Waals surface area (Å²) in [5.41, 5.74) is 2.87.